The molecule has 26 heavy (non-hydrogen) atoms. The van der Waals surface area contributed by atoms with Crippen molar-refractivity contribution in [1.82, 2.24) is 15.4 Å². The second-order valence-electron chi connectivity index (χ2n) is 5.46. The van der Waals surface area contributed by atoms with Gasteiger partial charge in [0.15, 0.2) is 11.5 Å². The van der Waals surface area contributed by atoms with Gasteiger partial charge in [0.25, 0.3) is 5.91 Å². The summed E-state index contributed by atoms with van der Waals surface area (Å²) in [4.78, 5) is 31.6. The zero-order valence-electron chi connectivity index (χ0n) is 14.1. The summed E-state index contributed by atoms with van der Waals surface area (Å²) in [7, 11) is 0. The van der Waals surface area contributed by atoms with Crippen molar-refractivity contribution < 1.29 is 19.1 Å². The maximum atomic E-state index is 12.1. The predicted molar refractivity (Wildman–Crippen MR) is 93.3 cm³/mol. The van der Waals surface area contributed by atoms with E-state index in [9.17, 15) is 9.59 Å². The van der Waals surface area contributed by atoms with Crippen molar-refractivity contribution in [3.8, 4) is 11.5 Å². The average Bonchev–Trinajstić information content (AvgIpc) is 2.66. The van der Waals surface area contributed by atoms with Gasteiger partial charge in [-0.2, -0.15) is 5.10 Å². The number of benzene rings is 1. The summed E-state index contributed by atoms with van der Waals surface area (Å²) < 4.78 is 10.9. The molecule has 2 aromatic rings. The highest BCUT2D eigenvalue weighted by molar-refractivity contribution is 6.06. The Bertz CT molecular complexity index is 838. The van der Waals surface area contributed by atoms with Gasteiger partial charge in [0.2, 0.25) is 5.91 Å². The molecule has 0 bridgehead atoms. The standard InChI is InChI=1S/C17H17N5O4/c1-11(21-22-17(24)13-10-18-4-5-19-13)8-16(23)20-12-2-3-14-15(9-12)26-7-6-25-14/h2-5,9-10H,6-8H2,1H3,(H,20,23)(H,22,24). The fourth-order valence-corrected chi connectivity index (χ4v) is 2.22. The highest BCUT2D eigenvalue weighted by Crippen LogP contribution is 2.32. The molecule has 0 aliphatic carbocycles. The van der Waals surface area contributed by atoms with Crippen molar-refractivity contribution in [3.05, 3.63) is 42.5 Å². The van der Waals surface area contributed by atoms with Crippen LogP contribution in [0, 0.1) is 0 Å². The first kappa shape index (κ1) is 17.3. The number of ether oxygens (including phenoxy) is 2. The molecule has 1 aromatic heterocycles. The molecule has 0 unspecified atom stereocenters. The first-order valence-corrected chi connectivity index (χ1v) is 7.91. The maximum Gasteiger partial charge on any atom is 0.291 e. The molecule has 3 rings (SSSR count). The number of rotatable bonds is 5. The van der Waals surface area contributed by atoms with Crippen LogP contribution in [0.5, 0.6) is 11.5 Å². The molecule has 2 heterocycles. The first-order chi connectivity index (χ1) is 12.6. The summed E-state index contributed by atoms with van der Waals surface area (Å²) in [6, 6.07) is 5.18. The number of anilines is 1. The Balaban J connectivity index is 1.53. The van der Waals surface area contributed by atoms with Crippen molar-refractivity contribution in [2.75, 3.05) is 18.5 Å². The van der Waals surface area contributed by atoms with Gasteiger partial charge in [0.1, 0.15) is 18.9 Å². The molecule has 0 saturated heterocycles. The molecule has 0 saturated carbocycles. The van der Waals surface area contributed by atoms with Crippen LogP contribution in [0.2, 0.25) is 0 Å². The molecule has 0 spiro atoms. The fraction of sp³-hybridized carbons (Fsp3) is 0.235. The van der Waals surface area contributed by atoms with Gasteiger partial charge in [0, 0.05) is 29.9 Å². The summed E-state index contributed by atoms with van der Waals surface area (Å²) in [5.74, 6) is 0.482. The Labute approximate surface area is 149 Å². The summed E-state index contributed by atoms with van der Waals surface area (Å²) in [6.07, 6.45) is 4.23. The Kier molecular flexibility index (Phi) is 5.37. The van der Waals surface area contributed by atoms with E-state index in [2.05, 4.69) is 25.8 Å². The van der Waals surface area contributed by atoms with Crippen LogP contribution < -0.4 is 20.2 Å². The largest absolute Gasteiger partial charge is 0.486 e. The third kappa shape index (κ3) is 4.53. The minimum absolute atomic E-state index is 0.0230. The van der Waals surface area contributed by atoms with Crippen LogP contribution in [0.15, 0.2) is 41.9 Å². The van der Waals surface area contributed by atoms with Gasteiger partial charge in [-0.05, 0) is 19.1 Å². The Hall–Kier alpha value is -3.49. The topological polar surface area (TPSA) is 115 Å². The van der Waals surface area contributed by atoms with E-state index in [0.29, 0.717) is 36.1 Å². The highest BCUT2D eigenvalue weighted by Gasteiger charge is 2.13. The number of hydrogen-bond acceptors (Lipinski definition) is 7. The van der Waals surface area contributed by atoms with Gasteiger partial charge in [-0.25, -0.2) is 10.4 Å². The zero-order valence-corrected chi connectivity index (χ0v) is 14.1. The minimum Gasteiger partial charge on any atom is -0.486 e. The molecule has 9 heteroatoms. The van der Waals surface area contributed by atoms with Crippen LogP contribution in [-0.2, 0) is 4.79 Å². The maximum absolute atomic E-state index is 12.1. The van der Waals surface area contributed by atoms with Gasteiger partial charge < -0.3 is 14.8 Å². The Morgan fingerprint density at radius 2 is 2.00 bits per heavy atom. The van der Waals surface area contributed by atoms with E-state index in [4.69, 9.17) is 9.47 Å². The molecule has 2 amide bonds. The molecule has 0 atom stereocenters. The van der Waals surface area contributed by atoms with Gasteiger partial charge in [-0.3, -0.25) is 14.6 Å². The number of hydrogen-bond donors (Lipinski definition) is 2. The molecule has 0 radical (unpaired) electrons. The molecule has 1 aromatic carbocycles. The van der Waals surface area contributed by atoms with Crippen molar-refractivity contribution >= 4 is 23.2 Å². The second kappa shape index (κ2) is 8.06. The van der Waals surface area contributed by atoms with E-state index >= 15 is 0 Å². The number of aromatic nitrogens is 2. The minimum atomic E-state index is -0.496. The lowest BCUT2D eigenvalue weighted by Gasteiger charge is -2.19. The van der Waals surface area contributed by atoms with Gasteiger partial charge >= 0.3 is 0 Å². The van der Waals surface area contributed by atoms with E-state index in [1.54, 1.807) is 25.1 Å². The SMILES string of the molecule is CC(CC(=O)Nc1ccc2c(c1)OCCO2)=NNC(=O)c1cnccn1. The number of fused-ring (bicyclic) bond motifs is 1. The van der Waals surface area contributed by atoms with Crippen LogP contribution in [0.25, 0.3) is 0 Å². The van der Waals surface area contributed by atoms with Crippen molar-refractivity contribution in [1.29, 1.82) is 0 Å². The number of amides is 2. The second-order valence-corrected chi connectivity index (χ2v) is 5.46. The quantitative estimate of drug-likeness (QED) is 0.618. The van der Waals surface area contributed by atoms with Gasteiger partial charge in [-0.15, -0.1) is 0 Å². The molecule has 1 aliphatic rings. The molecule has 9 nitrogen and oxygen atoms in total. The third-order valence-electron chi connectivity index (χ3n) is 3.39. The Morgan fingerprint density at radius 3 is 2.77 bits per heavy atom. The van der Waals surface area contributed by atoms with Crippen LogP contribution in [-0.4, -0.2) is 40.7 Å². The van der Waals surface area contributed by atoms with Crippen molar-refractivity contribution in [2.45, 2.75) is 13.3 Å². The summed E-state index contributed by atoms with van der Waals surface area (Å²) in [6.45, 7) is 2.62. The van der Waals surface area contributed by atoms with Crippen molar-refractivity contribution in [3.63, 3.8) is 0 Å². The van der Waals surface area contributed by atoms with E-state index in [-0.39, 0.29) is 18.0 Å². The molecular formula is C17H17N5O4. The number of nitrogens with one attached hydrogen (secondary N) is 2. The van der Waals surface area contributed by atoms with Crippen molar-refractivity contribution in [2.24, 2.45) is 5.10 Å². The van der Waals surface area contributed by atoms with Crippen LogP contribution in [0.1, 0.15) is 23.8 Å². The lowest BCUT2D eigenvalue weighted by molar-refractivity contribution is -0.115. The van der Waals surface area contributed by atoms with E-state index in [0.717, 1.165) is 0 Å². The number of carbonyl (C=O) groups is 2. The highest BCUT2D eigenvalue weighted by atomic mass is 16.6. The molecular weight excluding hydrogens is 338 g/mol. The van der Waals surface area contributed by atoms with Gasteiger partial charge in [-0.1, -0.05) is 0 Å². The molecule has 2 N–H and O–H groups in total. The molecule has 134 valence electrons. The van der Waals surface area contributed by atoms with E-state index in [1.165, 1.54) is 18.6 Å². The summed E-state index contributed by atoms with van der Waals surface area (Å²) in [5.41, 5.74) is 3.52. The number of carbonyl (C=O) groups excluding carboxylic acids is 2. The van der Waals surface area contributed by atoms with Crippen LogP contribution in [0.4, 0.5) is 5.69 Å². The number of hydrazone groups is 1. The summed E-state index contributed by atoms with van der Waals surface area (Å²) in [5, 5.41) is 6.65. The predicted octanol–water partition coefficient (Wildman–Crippen LogP) is 1.38. The smallest absolute Gasteiger partial charge is 0.291 e. The lowest BCUT2D eigenvalue weighted by Crippen LogP contribution is -2.22. The molecule has 1 aliphatic heterocycles. The average molecular weight is 355 g/mol. The fourth-order valence-electron chi connectivity index (χ4n) is 2.22. The summed E-state index contributed by atoms with van der Waals surface area (Å²) >= 11 is 0. The Morgan fingerprint density at radius 1 is 1.19 bits per heavy atom. The molecule has 0 fully saturated rings. The van der Waals surface area contributed by atoms with E-state index in [1.807, 2.05) is 0 Å². The van der Waals surface area contributed by atoms with Crippen LogP contribution >= 0.6 is 0 Å². The monoisotopic (exact) mass is 355 g/mol. The van der Waals surface area contributed by atoms with Crippen LogP contribution in [0.3, 0.4) is 0 Å². The third-order valence-corrected chi connectivity index (χ3v) is 3.39. The zero-order chi connectivity index (χ0) is 18.4. The normalized spacial score (nSPS) is 13.0. The van der Waals surface area contributed by atoms with E-state index < -0.39 is 5.91 Å². The first-order valence-electron chi connectivity index (χ1n) is 7.91. The van der Waals surface area contributed by atoms with Gasteiger partial charge in [0.05, 0.1) is 12.6 Å². The number of nitrogens with zero attached hydrogens (tertiary/aromatic N) is 3. The lowest BCUT2D eigenvalue weighted by atomic mass is 10.2.